The Labute approximate surface area is 152 Å². The van der Waals surface area contributed by atoms with E-state index in [9.17, 15) is 14.7 Å². The normalized spacial score (nSPS) is 22.9. The average molecular weight is 374 g/mol. The number of anilines is 3. The second-order valence-corrected chi connectivity index (χ2v) is 7.37. The Balaban J connectivity index is 1.95. The van der Waals surface area contributed by atoms with Crippen LogP contribution in [0.4, 0.5) is 21.5 Å². The van der Waals surface area contributed by atoms with E-state index in [2.05, 4.69) is 10.3 Å². The van der Waals surface area contributed by atoms with Crippen molar-refractivity contribution in [2.45, 2.75) is 25.0 Å². The Morgan fingerprint density at radius 1 is 1.30 bits per heavy atom. The van der Waals surface area contributed by atoms with Gasteiger partial charge >= 0.3 is 5.97 Å². The summed E-state index contributed by atoms with van der Waals surface area (Å²) in [6.07, 6.45) is 2.11. The van der Waals surface area contributed by atoms with Crippen molar-refractivity contribution in [2.24, 2.45) is 11.6 Å². The maximum atomic E-state index is 15.5. The summed E-state index contributed by atoms with van der Waals surface area (Å²) in [7, 11) is 0. The van der Waals surface area contributed by atoms with E-state index in [4.69, 9.17) is 11.6 Å². The molecule has 0 radical (unpaired) electrons. The van der Waals surface area contributed by atoms with E-state index in [1.54, 1.807) is 4.57 Å². The van der Waals surface area contributed by atoms with E-state index in [0.717, 1.165) is 6.42 Å². The van der Waals surface area contributed by atoms with E-state index in [0.29, 0.717) is 43.1 Å². The van der Waals surface area contributed by atoms with Crippen LogP contribution in [0.2, 0.25) is 0 Å². The molecule has 2 aromatic rings. The number of hydrogen-bond acceptors (Lipinski definition) is 7. The Hall–Kier alpha value is -2.85. The van der Waals surface area contributed by atoms with Gasteiger partial charge in [0.15, 0.2) is 5.82 Å². The number of nitrogens with two attached hydrogens (primary N) is 2. The largest absolute Gasteiger partial charge is 0.477 e. The molecule has 0 bridgehead atoms. The summed E-state index contributed by atoms with van der Waals surface area (Å²) in [5.41, 5.74) is 8.61. The van der Waals surface area contributed by atoms with Crippen LogP contribution in [0.15, 0.2) is 11.0 Å². The van der Waals surface area contributed by atoms with Gasteiger partial charge in [0.25, 0.3) is 0 Å². The fraction of sp³-hybridized carbons (Fsp3) is 0.412. The Morgan fingerprint density at radius 3 is 2.78 bits per heavy atom. The summed E-state index contributed by atoms with van der Waals surface area (Å²) in [5, 5.41) is 9.36. The summed E-state index contributed by atoms with van der Waals surface area (Å²) in [4.78, 5) is 28.4. The number of carbonyl (C=O) groups is 1. The number of nitrogens with one attached hydrogen (secondary N) is 1. The van der Waals surface area contributed by atoms with Crippen LogP contribution in [-0.2, 0) is 6.54 Å². The minimum absolute atomic E-state index is 0.0275. The van der Waals surface area contributed by atoms with Crippen molar-refractivity contribution >= 4 is 33.9 Å². The molecule has 5 rings (SSSR count). The number of hydrogen-bond donors (Lipinski definition) is 4. The third-order valence-corrected chi connectivity index (χ3v) is 5.87. The Kier molecular flexibility index (Phi) is 3.23. The molecule has 0 saturated carbocycles. The molecule has 0 amide bonds. The van der Waals surface area contributed by atoms with Crippen molar-refractivity contribution in [3.8, 4) is 0 Å². The molecule has 1 saturated heterocycles. The predicted molar refractivity (Wildman–Crippen MR) is 98.9 cm³/mol. The van der Waals surface area contributed by atoms with Crippen LogP contribution in [0, 0.1) is 5.82 Å². The summed E-state index contributed by atoms with van der Waals surface area (Å²) < 4.78 is 17.3. The van der Waals surface area contributed by atoms with Crippen LogP contribution in [0.1, 0.15) is 16.8 Å². The first kappa shape index (κ1) is 16.3. The zero-order valence-corrected chi connectivity index (χ0v) is 14.4. The zero-order valence-electron chi connectivity index (χ0n) is 14.4. The van der Waals surface area contributed by atoms with Gasteiger partial charge in [0.05, 0.1) is 16.6 Å². The maximum Gasteiger partial charge on any atom is 0.341 e. The Morgan fingerprint density at radius 2 is 2.07 bits per heavy atom. The summed E-state index contributed by atoms with van der Waals surface area (Å²) >= 11 is 0. The number of benzene rings is 1. The molecule has 1 aromatic heterocycles. The van der Waals surface area contributed by atoms with Gasteiger partial charge in [-0.15, -0.1) is 0 Å². The molecule has 0 spiro atoms. The van der Waals surface area contributed by atoms with Gasteiger partial charge in [-0.05, 0) is 6.42 Å². The van der Waals surface area contributed by atoms with Gasteiger partial charge in [-0.1, -0.05) is 0 Å². The molecule has 142 valence electrons. The molecule has 2 unspecified atom stereocenters. The number of nitrogen functional groups attached to an aromatic ring is 1. The molecule has 4 heterocycles. The van der Waals surface area contributed by atoms with Crippen LogP contribution in [0.25, 0.3) is 10.9 Å². The number of carboxylic acids is 1. The molecule has 1 aromatic carbocycles. The van der Waals surface area contributed by atoms with Crippen LogP contribution in [-0.4, -0.2) is 47.4 Å². The lowest BCUT2D eigenvalue weighted by Crippen LogP contribution is -2.49. The van der Waals surface area contributed by atoms with Crippen molar-refractivity contribution in [1.82, 2.24) is 4.57 Å². The quantitative estimate of drug-likeness (QED) is 0.422. The molecular formula is C17H19FN6O3. The lowest BCUT2D eigenvalue weighted by molar-refractivity contribution is 0.0695. The number of hydrazine groups is 1. The monoisotopic (exact) mass is 374 g/mol. The van der Waals surface area contributed by atoms with Crippen molar-refractivity contribution < 1.29 is 14.3 Å². The van der Waals surface area contributed by atoms with Gasteiger partial charge in [-0.2, -0.15) is 0 Å². The summed E-state index contributed by atoms with van der Waals surface area (Å²) in [5.74, 6) is 3.58. The molecular weight excluding hydrogens is 355 g/mol. The number of rotatable bonds is 2. The highest BCUT2D eigenvalue weighted by Gasteiger charge is 2.43. The topological polar surface area (TPSA) is 130 Å². The lowest BCUT2D eigenvalue weighted by Gasteiger charge is -2.44. The highest BCUT2D eigenvalue weighted by molar-refractivity contribution is 6.09. The number of halogens is 1. The third-order valence-electron chi connectivity index (χ3n) is 5.87. The molecule has 10 heteroatoms. The number of pyridine rings is 1. The van der Waals surface area contributed by atoms with Crippen molar-refractivity contribution in [3.05, 3.63) is 27.8 Å². The van der Waals surface area contributed by atoms with Crippen LogP contribution < -0.4 is 32.2 Å². The van der Waals surface area contributed by atoms with Gasteiger partial charge in [-0.25, -0.2) is 9.18 Å². The summed E-state index contributed by atoms with van der Waals surface area (Å²) in [6, 6.07) is 0.0474. The highest BCUT2D eigenvalue weighted by atomic mass is 19.1. The molecule has 2 atom stereocenters. The van der Waals surface area contributed by atoms with Crippen molar-refractivity contribution in [3.63, 3.8) is 0 Å². The molecule has 1 fully saturated rings. The summed E-state index contributed by atoms with van der Waals surface area (Å²) in [6.45, 7) is 2.32. The number of carboxylic acid groups (broad SMARTS) is 1. The van der Waals surface area contributed by atoms with Gasteiger partial charge in [0, 0.05) is 44.5 Å². The first-order valence-electron chi connectivity index (χ1n) is 8.82. The average Bonchev–Trinajstić information content (AvgIpc) is 3.00. The van der Waals surface area contributed by atoms with Gasteiger partial charge in [0.1, 0.15) is 16.9 Å². The molecule has 3 aliphatic heterocycles. The minimum Gasteiger partial charge on any atom is -0.477 e. The van der Waals surface area contributed by atoms with Gasteiger partial charge < -0.3 is 30.6 Å². The second kappa shape index (κ2) is 5.33. The van der Waals surface area contributed by atoms with E-state index >= 15 is 4.39 Å². The van der Waals surface area contributed by atoms with Crippen molar-refractivity contribution in [2.75, 3.05) is 34.9 Å². The van der Waals surface area contributed by atoms with Crippen LogP contribution in [0.5, 0.6) is 0 Å². The molecule has 3 aliphatic rings. The Bertz CT molecular complexity index is 1070. The van der Waals surface area contributed by atoms with Gasteiger partial charge in [-0.3, -0.25) is 10.6 Å². The second-order valence-electron chi connectivity index (χ2n) is 7.37. The van der Waals surface area contributed by atoms with E-state index in [1.165, 1.54) is 6.20 Å². The van der Waals surface area contributed by atoms with E-state index in [1.807, 2.05) is 4.90 Å². The SMILES string of the molecule is NNc1c(F)c2c3c4c1c(=O)c(C(=O)O)cn4CCN3CC1CC(N)CN21. The number of aromatic carboxylic acids is 1. The highest BCUT2D eigenvalue weighted by Crippen LogP contribution is 2.49. The number of fused-ring (bicyclic) bond motifs is 2. The van der Waals surface area contributed by atoms with Crippen molar-refractivity contribution in [1.29, 1.82) is 0 Å². The number of nitrogens with zero attached hydrogens (tertiary/aromatic N) is 3. The predicted octanol–water partition coefficient (Wildman–Crippen LogP) is -0.136. The fourth-order valence-corrected chi connectivity index (χ4v) is 4.80. The molecule has 6 N–H and O–H groups in total. The fourth-order valence-electron chi connectivity index (χ4n) is 4.80. The molecule has 27 heavy (non-hydrogen) atoms. The first-order chi connectivity index (χ1) is 12.9. The third kappa shape index (κ3) is 1.99. The standard InChI is InChI=1S/C17H19FN6O3/c18-11-12(21-20)10-13-15-14(11)24-4-7(19)3-8(24)5-22(15)1-2-23(13)6-9(16(10)25)17(26)27/h6-8,21H,1-5,19-20H2,(H,26,27). The minimum atomic E-state index is -1.35. The van der Waals surface area contributed by atoms with Gasteiger partial charge in [0.2, 0.25) is 5.43 Å². The molecule has 9 nitrogen and oxygen atoms in total. The first-order valence-corrected chi connectivity index (χ1v) is 8.82. The van der Waals surface area contributed by atoms with E-state index in [-0.39, 0.29) is 23.2 Å². The molecule has 0 aliphatic carbocycles. The van der Waals surface area contributed by atoms with Crippen LogP contribution in [0.3, 0.4) is 0 Å². The van der Waals surface area contributed by atoms with E-state index < -0.39 is 22.8 Å². The lowest BCUT2D eigenvalue weighted by atomic mass is 9.99. The zero-order chi connectivity index (χ0) is 19.0. The maximum absolute atomic E-state index is 15.5. The smallest absolute Gasteiger partial charge is 0.341 e. The van der Waals surface area contributed by atoms with Crippen LogP contribution >= 0.6 is 0 Å². The number of aromatic nitrogens is 1.